The van der Waals surface area contributed by atoms with Gasteiger partial charge in [-0.15, -0.1) is 0 Å². The van der Waals surface area contributed by atoms with Gasteiger partial charge < -0.3 is 9.88 Å². The molecule has 1 amide bonds. The molecule has 23 heavy (non-hydrogen) atoms. The van der Waals surface area contributed by atoms with Gasteiger partial charge in [0.15, 0.2) is 0 Å². The molecule has 4 heteroatoms. The fourth-order valence-electron chi connectivity index (χ4n) is 3.45. The zero-order valence-corrected chi connectivity index (χ0v) is 15.4. The number of hydrogen-bond donors (Lipinski definition) is 1. The molecule has 1 aromatic heterocycles. The third kappa shape index (κ3) is 3.63. The normalized spacial score (nSPS) is 14.3. The third-order valence-corrected chi connectivity index (χ3v) is 5.47. The molecule has 0 bridgehead atoms. The molecular weight excluding hydrogens is 352 g/mol. The summed E-state index contributed by atoms with van der Waals surface area (Å²) in [6.45, 7) is 3.81. The molecule has 2 aromatic rings. The second-order valence-electron chi connectivity index (χ2n) is 6.47. The predicted molar refractivity (Wildman–Crippen MR) is 98.5 cm³/mol. The van der Waals surface area contributed by atoms with Crippen molar-refractivity contribution in [3.63, 3.8) is 0 Å². The Balaban J connectivity index is 1.64. The largest absolute Gasteiger partial charge is 0.357 e. The molecule has 0 atom stereocenters. The predicted octanol–water partition coefficient (Wildman–Crippen LogP) is 5.18. The number of halogens is 1. The van der Waals surface area contributed by atoms with E-state index in [-0.39, 0.29) is 0 Å². The summed E-state index contributed by atoms with van der Waals surface area (Å²) in [5, 5.41) is 1.25. The molecule has 124 valence electrons. The molecule has 0 saturated carbocycles. The molecule has 1 N–H and O–H groups in total. The first-order chi connectivity index (χ1) is 11.2. The van der Waals surface area contributed by atoms with Crippen molar-refractivity contribution < 1.29 is 4.79 Å². The number of nitrogens with one attached hydrogen (secondary N) is 1. The van der Waals surface area contributed by atoms with Crippen LogP contribution in [0.2, 0.25) is 0 Å². The molecule has 0 aliphatic carbocycles. The minimum Gasteiger partial charge on any atom is -0.357 e. The van der Waals surface area contributed by atoms with Crippen LogP contribution in [0.3, 0.4) is 0 Å². The number of nitrogens with zero attached hydrogens (tertiary/aromatic N) is 1. The number of H-pyrrole nitrogens is 1. The van der Waals surface area contributed by atoms with Gasteiger partial charge in [-0.2, -0.15) is 0 Å². The van der Waals surface area contributed by atoms with Crippen LogP contribution in [0.25, 0.3) is 10.9 Å². The van der Waals surface area contributed by atoms with Gasteiger partial charge in [0, 0.05) is 47.0 Å². The van der Waals surface area contributed by atoms with E-state index in [0.29, 0.717) is 12.3 Å². The number of amides is 1. The van der Waals surface area contributed by atoms with E-state index in [1.165, 1.54) is 42.3 Å². The van der Waals surface area contributed by atoms with E-state index in [0.717, 1.165) is 35.9 Å². The van der Waals surface area contributed by atoms with Crippen LogP contribution >= 0.6 is 15.9 Å². The first-order valence-electron chi connectivity index (χ1n) is 8.76. The van der Waals surface area contributed by atoms with Gasteiger partial charge in [0.1, 0.15) is 0 Å². The van der Waals surface area contributed by atoms with Crippen LogP contribution in [0.4, 0.5) is 0 Å². The highest BCUT2D eigenvalue weighted by Crippen LogP contribution is 2.32. The molecule has 1 aliphatic rings. The standard InChI is InChI=1S/C19H25BrN2O/c1-2-3-4-5-6-10-18(23)22-12-11-17-15(13-22)14-8-7-9-16(20)19(14)21-17/h7-9,21H,2-6,10-13H2,1H3. The second-order valence-corrected chi connectivity index (χ2v) is 7.33. The lowest BCUT2D eigenvalue weighted by atomic mass is 10.0. The van der Waals surface area contributed by atoms with Crippen molar-refractivity contribution >= 4 is 32.7 Å². The van der Waals surface area contributed by atoms with Crippen LogP contribution in [0.5, 0.6) is 0 Å². The van der Waals surface area contributed by atoms with Crippen molar-refractivity contribution in [1.82, 2.24) is 9.88 Å². The lowest BCUT2D eigenvalue weighted by molar-refractivity contribution is -0.132. The first-order valence-corrected chi connectivity index (χ1v) is 9.55. The van der Waals surface area contributed by atoms with Gasteiger partial charge in [-0.3, -0.25) is 4.79 Å². The van der Waals surface area contributed by atoms with Gasteiger partial charge in [0.2, 0.25) is 5.91 Å². The number of benzene rings is 1. The summed E-state index contributed by atoms with van der Waals surface area (Å²) in [6, 6.07) is 6.27. The Kier molecular flexibility index (Phi) is 5.42. The van der Waals surface area contributed by atoms with Crippen LogP contribution in [0.15, 0.2) is 22.7 Å². The summed E-state index contributed by atoms with van der Waals surface area (Å²) in [5.74, 6) is 0.316. The average Bonchev–Trinajstić information content (AvgIpc) is 2.94. The van der Waals surface area contributed by atoms with Crippen molar-refractivity contribution in [3.8, 4) is 0 Å². The molecule has 3 rings (SSSR count). The van der Waals surface area contributed by atoms with Gasteiger partial charge in [-0.1, -0.05) is 44.7 Å². The Bertz CT molecular complexity index is 692. The molecule has 1 aliphatic heterocycles. The first kappa shape index (κ1) is 16.6. The lowest BCUT2D eigenvalue weighted by Crippen LogP contribution is -2.35. The Hall–Kier alpha value is -1.29. The van der Waals surface area contributed by atoms with E-state index in [2.05, 4.69) is 46.0 Å². The summed E-state index contributed by atoms with van der Waals surface area (Å²) in [4.78, 5) is 18.0. The van der Waals surface area contributed by atoms with Crippen molar-refractivity contribution in [3.05, 3.63) is 33.9 Å². The molecule has 0 fully saturated rings. The number of rotatable bonds is 6. The van der Waals surface area contributed by atoms with Gasteiger partial charge >= 0.3 is 0 Å². The molecule has 3 nitrogen and oxygen atoms in total. The van der Waals surface area contributed by atoms with E-state index in [4.69, 9.17) is 0 Å². The lowest BCUT2D eigenvalue weighted by Gasteiger charge is -2.27. The average molecular weight is 377 g/mol. The SMILES string of the molecule is CCCCCCCC(=O)N1CCc2[nH]c3c(Br)cccc3c2C1. The quantitative estimate of drug-likeness (QED) is 0.693. The van der Waals surface area contributed by atoms with E-state index in [9.17, 15) is 4.79 Å². The van der Waals surface area contributed by atoms with Crippen LogP contribution in [0.1, 0.15) is 56.7 Å². The van der Waals surface area contributed by atoms with Gasteiger partial charge in [0.25, 0.3) is 0 Å². The summed E-state index contributed by atoms with van der Waals surface area (Å²) in [5.41, 5.74) is 3.75. The van der Waals surface area contributed by atoms with Crippen LogP contribution < -0.4 is 0 Å². The molecule has 0 radical (unpaired) electrons. The fraction of sp³-hybridized carbons (Fsp3) is 0.526. The Labute approximate surface area is 146 Å². The zero-order valence-electron chi connectivity index (χ0n) is 13.8. The molecule has 1 aromatic carbocycles. The third-order valence-electron chi connectivity index (χ3n) is 4.81. The highest BCUT2D eigenvalue weighted by Gasteiger charge is 2.24. The number of aromatic amines is 1. The molecule has 0 unspecified atom stereocenters. The van der Waals surface area contributed by atoms with Gasteiger partial charge in [-0.05, 0) is 28.4 Å². The Morgan fingerprint density at radius 1 is 1.26 bits per heavy atom. The topological polar surface area (TPSA) is 36.1 Å². The van der Waals surface area contributed by atoms with Crippen molar-refractivity contribution in [2.75, 3.05) is 6.54 Å². The summed E-state index contributed by atoms with van der Waals surface area (Å²) in [6.07, 6.45) is 7.62. The monoisotopic (exact) mass is 376 g/mol. The van der Waals surface area contributed by atoms with E-state index in [1.807, 2.05) is 4.90 Å². The highest BCUT2D eigenvalue weighted by atomic mass is 79.9. The maximum Gasteiger partial charge on any atom is 0.222 e. The van der Waals surface area contributed by atoms with Crippen LogP contribution in [-0.4, -0.2) is 22.3 Å². The van der Waals surface area contributed by atoms with Gasteiger partial charge in [-0.25, -0.2) is 0 Å². The number of hydrogen-bond acceptors (Lipinski definition) is 1. The summed E-state index contributed by atoms with van der Waals surface area (Å²) < 4.78 is 1.10. The maximum absolute atomic E-state index is 12.5. The van der Waals surface area contributed by atoms with Crippen molar-refractivity contribution in [2.24, 2.45) is 0 Å². The van der Waals surface area contributed by atoms with Crippen LogP contribution in [0, 0.1) is 0 Å². The number of carbonyl (C=O) groups is 1. The number of fused-ring (bicyclic) bond motifs is 3. The van der Waals surface area contributed by atoms with E-state index < -0.39 is 0 Å². The fourth-order valence-corrected chi connectivity index (χ4v) is 3.92. The summed E-state index contributed by atoms with van der Waals surface area (Å²) >= 11 is 3.61. The van der Waals surface area contributed by atoms with Gasteiger partial charge in [0.05, 0.1) is 5.52 Å². The van der Waals surface area contributed by atoms with Crippen LogP contribution in [-0.2, 0) is 17.8 Å². The minimum absolute atomic E-state index is 0.316. The number of unbranched alkanes of at least 4 members (excludes halogenated alkanes) is 4. The smallest absolute Gasteiger partial charge is 0.222 e. The minimum atomic E-state index is 0.316. The molecule has 0 saturated heterocycles. The molecule has 2 heterocycles. The van der Waals surface area contributed by atoms with Crippen molar-refractivity contribution in [1.29, 1.82) is 0 Å². The molecular formula is C19H25BrN2O. The second kappa shape index (κ2) is 7.52. The number of aromatic nitrogens is 1. The molecule has 0 spiro atoms. The number of para-hydroxylation sites is 1. The number of carbonyl (C=O) groups excluding carboxylic acids is 1. The maximum atomic E-state index is 12.5. The van der Waals surface area contributed by atoms with E-state index >= 15 is 0 Å². The zero-order chi connectivity index (χ0) is 16.2. The summed E-state index contributed by atoms with van der Waals surface area (Å²) in [7, 11) is 0. The highest BCUT2D eigenvalue weighted by molar-refractivity contribution is 9.10. The van der Waals surface area contributed by atoms with Crippen molar-refractivity contribution in [2.45, 2.75) is 58.4 Å². The van der Waals surface area contributed by atoms with E-state index in [1.54, 1.807) is 0 Å². The Morgan fingerprint density at radius 3 is 2.91 bits per heavy atom. The Morgan fingerprint density at radius 2 is 2.09 bits per heavy atom.